The molecule has 23 heavy (non-hydrogen) atoms. The first-order valence-corrected chi connectivity index (χ1v) is 7.40. The lowest BCUT2D eigenvalue weighted by atomic mass is 10.2. The second-order valence-corrected chi connectivity index (χ2v) is 5.19. The van der Waals surface area contributed by atoms with E-state index < -0.39 is 11.8 Å². The predicted molar refractivity (Wildman–Crippen MR) is 89.5 cm³/mol. The molecule has 0 atom stereocenters. The molecule has 2 rings (SSSR count). The topological polar surface area (TPSA) is 67.4 Å². The number of hydrogen-bond donors (Lipinski definition) is 2. The van der Waals surface area contributed by atoms with Crippen LogP contribution in [0.5, 0.6) is 5.75 Å². The average molecular weight is 312 g/mol. The summed E-state index contributed by atoms with van der Waals surface area (Å²) >= 11 is 0. The van der Waals surface area contributed by atoms with Crippen molar-refractivity contribution in [1.82, 2.24) is 5.32 Å². The highest BCUT2D eigenvalue weighted by molar-refractivity contribution is 6.39. The lowest BCUT2D eigenvalue weighted by Crippen LogP contribution is -2.37. The van der Waals surface area contributed by atoms with Crippen LogP contribution < -0.4 is 15.4 Å². The zero-order valence-electron chi connectivity index (χ0n) is 13.3. The van der Waals surface area contributed by atoms with Gasteiger partial charge in [-0.15, -0.1) is 0 Å². The number of para-hydroxylation sites is 1. The number of benzene rings is 2. The SMILES string of the molecule is Cc1ccc(OCCNC(=O)C(=O)Nc2ccccc2C)cc1. The van der Waals surface area contributed by atoms with E-state index in [1.165, 1.54) is 0 Å². The molecule has 0 aliphatic carbocycles. The van der Waals surface area contributed by atoms with E-state index in [9.17, 15) is 9.59 Å². The largest absolute Gasteiger partial charge is 0.492 e. The van der Waals surface area contributed by atoms with Crippen molar-refractivity contribution in [2.45, 2.75) is 13.8 Å². The van der Waals surface area contributed by atoms with Gasteiger partial charge in [0.05, 0.1) is 6.54 Å². The third kappa shape index (κ3) is 5.14. The highest BCUT2D eigenvalue weighted by Gasteiger charge is 2.13. The molecule has 2 aromatic carbocycles. The Balaban J connectivity index is 1.73. The smallest absolute Gasteiger partial charge is 0.313 e. The quantitative estimate of drug-likeness (QED) is 0.658. The summed E-state index contributed by atoms with van der Waals surface area (Å²) < 4.78 is 5.48. The van der Waals surface area contributed by atoms with E-state index in [1.807, 2.05) is 50.2 Å². The summed E-state index contributed by atoms with van der Waals surface area (Å²) in [4.78, 5) is 23.5. The van der Waals surface area contributed by atoms with E-state index in [2.05, 4.69) is 10.6 Å². The zero-order chi connectivity index (χ0) is 16.7. The molecule has 0 saturated carbocycles. The van der Waals surface area contributed by atoms with Crippen molar-refractivity contribution in [3.63, 3.8) is 0 Å². The second-order valence-electron chi connectivity index (χ2n) is 5.19. The van der Waals surface area contributed by atoms with Crippen molar-refractivity contribution in [1.29, 1.82) is 0 Å². The van der Waals surface area contributed by atoms with Crippen LogP contribution in [-0.4, -0.2) is 25.0 Å². The molecule has 2 N–H and O–H groups in total. The van der Waals surface area contributed by atoms with Gasteiger partial charge in [-0.1, -0.05) is 35.9 Å². The Labute approximate surface area is 135 Å². The Hall–Kier alpha value is -2.82. The third-order valence-corrected chi connectivity index (χ3v) is 3.28. The molecule has 0 radical (unpaired) electrons. The molecular weight excluding hydrogens is 292 g/mol. The number of rotatable bonds is 5. The minimum atomic E-state index is -0.686. The summed E-state index contributed by atoms with van der Waals surface area (Å²) in [5, 5.41) is 5.11. The normalized spacial score (nSPS) is 10.0. The molecule has 0 fully saturated rings. The molecule has 2 amide bonds. The summed E-state index contributed by atoms with van der Waals surface area (Å²) in [6, 6.07) is 14.9. The molecule has 5 heteroatoms. The van der Waals surface area contributed by atoms with Gasteiger partial charge in [0.25, 0.3) is 0 Å². The lowest BCUT2D eigenvalue weighted by Gasteiger charge is -2.09. The molecule has 0 spiro atoms. The number of amides is 2. The fraction of sp³-hybridized carbons (Fsp3) is 0.222. The molecule has 2 aromatic rings. The van der Waals surface area contributed by atoms with Gasteiger partial charge in [-0.25, -0.2) is 0 Å². The molecule has 120 valence electrons. The highest BCUT2D eigenvalue weighted by Crippen LogP contribution is 2.13. The van der Waals surface area contributed by atoms with Crippen LogP contribution in [0, 0.1) is 13.8 Å². The molecule has 0 saturated heterocycles. The van der Waals surface area contributed by atoms with E-state index >= 15 is 0 Å². The molecule has 0 bridgehead atoms. The van der Waals surface area contributed by atoms with Gasteiger partial charge in [0.15, 0.2) is 0 Å². The first-order valence-electron chi connectivity index (χ1n) is 7.40. The van der Waals surface area contributed by atoms with Crippen LogP contribution in [0.4, 0.5) is 5.69 Å². The van der Waals surface area contributed by atoms with Gasteiger partial charge in [0, 0.05) is 5.69 Å². The van der Waals surface area contributed by atoms with Gasteiger partial charge in [0.1, 0.15) is 12.4 Å². The van der Waals surface area contributed by atoms with Gasteiger partial charge in [-0.3, -0.25) is 9.59 Å². The van der Waals surface area contributed by atoms with Crippen molar-refractivity contribution < 1.29 is 14.3 Å². The van der Waals surface area contributed by atoms with Gasteiger partial charge < -0.3 is 15.4 Å². The highest BCUT2D eigenvalue weighted by atomic mass is 16.5. The van der Waals surface area contributed by atoms with E-state index in [0.717, 1.165) is 16.9 Å². The maximum atomic E-state index is 11.8. The minimum Gasteiger partial charge on any atom is -0.492 e. The maximum absolute atomic E-state index is 11.8. The van der Waals surface area contributed by atoms with Crippen molar-refractivity contribution in [3.05, 3.63) is 59.7 Å². The van der Waals surface area contributed by atoms with Gasteiger partial charge in [-0.2, -0.15) is 0 Å². The van der Waals surface area contributed by atoms with Crippen molar-refractivity contribution in [2.75, 3.05) is 18.5 Å². The number of ether oxygens (including phenoxy) is 1. The van der Waals surface area contributed by atoms with Crippen LogP contribution >= 0.6 is 0 Å². The van der Waals surface area contributed by atoms with Crippen LogP contribution in [0.2, 0.25) is 0 Å². The molecule has 0 aliphatic heterocycles. The van der Waals surface area contributed by atoms with Crippen molar-refractivity contribution in [2.24, 2.45) is 0 Å². The molecule has 0 aromatic heterocycles. The Bertz CT molecular complexity index is 681. The van der Waals surface area contributed by atoms with Crippen LogP contribution in [-0.2, 0) is 9.59 Å². The first kappa shape index (κ1) is 16.5. The molecule has 0 heterocycles. The van der Waals surface area contributed by atoms with E-state index in [4.69, 9.17) is 4.74 Å². The minimum absolute atomic E-state index is 0.258. The Morgan fingerprint density at radius 3 is 2.35 bits per heavy atom. The number of carbonyl (C=O) groups is 2. The number of carbonyl (C=O) groups excluding carboxylic acids is 2. The summed E-state index contributed by atoms with van der Waals surface area (Å²) in [6.07, 6.45) is 0. The fourth-order valence-corrected chi connectivity index (χ4v) is 1.94. The predicted octanol–water partition coefficient (Wildman–Crippen LogP) is 2.44. The Morgan fingerprint density at radius 2 is 1.65 bits per heavy atom. The van der Waals surface area contributed by atoms with Crippen LogP contribution in [0.15, 0.2) is 48.5 Å². The number of nitrogens with one attached hydrogen (secondary N) is 2. The van der Waals surface area contributed by atoms with E-state index in [0.29, 0.717) is 12.3 Å². The summed E-state index contributed by atoms with van der Waals surface area (Å²) in [6.45, 7) is 4.42. The van der Waals surface area contributed by atoms with Crippen LogP contribution in [0.3, 0.4) is 0 Å². The van der Waals surface area contributed by atoms with Crippen LogP contribution in [0.25, 0.3) is 0 Å². The van der Waals surface area contributed by atoms with Gasteiger partial charge in [0.2, 0.25) is 0 Å². The van der Waals surface area contributed by atoms with E-state index in [-0.39, 0.29) is 6.54 Å². The van der Waals surface area contributed by atoms with E-state index in [1.54, 1.807) is 12.1 Å². The van der Waals surface area contributed by atoms with Gasteiger partial charge in [-0.05, 0) is 37.6 Å². The second kappa shape index (κ2) is 7.98. The Morgan fingerprint density at radius 1 is 0.957 bits per heavy atom. The van der Waals surface area contributed by atoms with Crippen molar-refractivity contribution in [3.8, 4) is 5.75 Å². The fourth-order valence-electron chi connectivity index (χ4n) is 1.94. The molecule has 0 unspecified atom stereocenters. The van der Waals surface area contributed by atoms with Gasteiger partial charge >= 0.3 is 11.8 Å². The molecule has 0 aliphatic rings. The number of hydrogen-bond acceptors (Lipinski definition) is 3. The lowest BCUT2D eigenvalue weighted by molar-refractivity contribution is -0.136. The third-order valence-electron chi connectivity index (χ3n) is 3.28. The number of anilines is 1. The van der Waals surface area contributed by atoms with Crippen LogP contribution in [0.1, 0.15) is 11.1 Å². The zero-order valence-corrected chi connectivity index (χ0v) is 13.3. The first-order chi connectivity index (χ1) is 11.1. The summed E-state index contributed by atoms with van der Waals surface area (Å²) in [5.74, 6) is -0.635. The Kier molecular flexibility index (Phi) is 5.74. The number of aryl methyl sites for hydroxylation is 2. The molecular formula is C18H20N2O3. The average Bonchev–Trinajstić information content (AvgIpc) is 2.55. The van der Waals surface area contributed by atoms with Crippen molar-refractivity contribution >= 4 is 17.5 Å². The summed E-state index contributed by atoms with van der Waals surface area (Å²) in [5.41, 5.74) is 2.68. The maximum Gasteiger partial charge on any atom is 0.313 e. The molecule has 5 nitrogen and oxygen atoms in total. The standard InChI is InChI=1S/C18H20N2O3/c1-13-7-9-15(10-8-13)23-12-11-19-17(21)18(22)20-16-6-4-3-5-14(16)2/h3-10H,11-12H2,1-2H3,(H,19,21)(H,20,22). The summed E-state index contributed by atoms with van der Waals surface area (Å²) in [7, 11) is 0. The monoisotopic (exact) mass is 312 g/mol.